The molecule has 0 fully saturated rings. The Labute approximate surface area is 109 Å². The summed E-state index contributed by atoms with van der Waals surface area (Å²) < 4.78 is 5.17. The van der Waals surface area contributed by atoms with E-state index in [9.17, 15) is 9.59 Å². The van der Waals surface area contributed by atoms with Crippen LogP contribution in [0, 0.1) is 0 Å². The Morgan fingerprint density at radius 2 is 1.88 bits per heavy atom. The van der Waals surface area contributed by atoms with Crippen LogP contribution < -0.4 is 5.32 Å². The Hall–Kier alpha value is -0.710. The molecule has 0 unspecified atom stereocenters. The van der Waals surface area contributed by atoms with E-state index in [0.717, 1.165) is 12.8 Å². The van der Waals surface area contributed by atoms with Crippen molar-refractivity contribution in [3.05, 3.63) is 0 Å². The van der Waals surface area contributed by atoms with Crippen molar-refractivity contribution in [1.29, 1.82) is 0 Å². The molecule has 0 bridgehead atoms. The SMILES string of the molecule is CCC[C@H](CCC(=O)S)NC(=O)OC(C)(C)C. The average Bonchev–Trinajstić information content (AvgIpc) is 2.11. The summed E-state index contributed by atoms with van der Waals surface area (Å²) in [5.74, 6) is 0. The van der Waals surface area contributed by atoms with E-state index in [1.807, 2.05) is 27.7 Å². The number of ether oxygens (including phenoxy) is 1. The molecule has 1 atom stereocenters. The minimum Gasteiger partial charge on any atom is -0.444 e. The van der Waals surface area contributed by atoms with E-state index in [0.29, 0.717) is 12.8 Å². The highest BCUT2D eigenvalue weighted by molar-refractivity contribution is 7.96. The Morgan fingerprint density at radius 1 is 1.29 bits per heavy atom. The molecule has 0 aromatic rings. The van der Waals surface area contributed by atoms with E-state index >= 15 is 0 Å². The molecule has 0 aliphatic rings. The monoisotopic (exact) mass is 261 g/mol. The predicted molar refractivity (Wildman–Crippen MR) is 71.3 cm³/mol. The Kier molecular flexibility index (Phi) is 7.27. The molecule has 0 spiro atoms. The second kappa shape index (κ2) is 7.58. The smallest absolute Gasteiger partial charge is 0.407 e. The molecular formula is C12H23NO3S. The summed E-state index contributed by atoms with van der Waals surface area (Å²) in [6, 6.07) is -0.0223. The van der Waals surface area contributed by atoms with Gasteiger partial charge in [0.2, 0.25) is 0 Å². The lowest BCUT2D eigenvalue weighted by Crippen LogP contribution is -2.39. The van der Waals surface area contributed by atoms with Crippen LogP contribution in [0.2, 0.25) is 0 Å². The summed E-state index contributed by atoms with van der Waals surface area (Å²) in [7, 11) is 0. The van der Waals surface area contributed by atoms with Crippen LogP contribution in [-0.2, 0) is 9.53 Å². The third kappa shape index (κ3) is 10.2. The fourth-order valence-corrected chi connectivity index (χ4v) is 1.54. The normalized spacial score (nSPS) is 13.0. The van der Waals surface area contributed by atoms with Gasteiger partial charge in [0.1, 0.15) is 5.60 Å². The van der Waals surface area contributed by atoms with Gasteiger partial charge in [-0.25, -0.2) is 4.79 Å². The lowest BCUT2D eigenvalue weighted by molar-refractivity contribution is -0.111. The summed E-state index contributed by atoms with van der Waals surface area (Å²) >= 11 is 3.72. The van der Waals surface area contributed by atoms with Crippen LogP contribution in [0.1, 0.15) is 53.4 Å². The lowest BCUT2D eigenvalue weighted by atomic mass is 10.1. The molecule has 0 aliphatic carbocycles. The van der Waals surface area contributed by atoms with Crippen molar-refractivity contribution in [2.75, 3.05) is 0 Å². The first-order chi connectivity index (χ1) is 7.74. The number of alkyl carbamates (subject to hydrolysis) is 1. The number of hydrogen-bond acceptors (Lipinski definition) is 3. The molecular weight excluding hydrogens is 238 g/mol. The van der Waals surface area contributed by atoms with Crippen molar-refractivity contribution < 1.29 is 14.3 Å². The molecule has 17 heavy (non-hydrogen) atoms. The zero-order valence-corrected chi connectivity index (χ0v) is 12.0. The first kappa shape index (κ1) is 16.3. The maximum absolute atomic E-state index is 11.6. The first-order valence-electron chi connectivity index (χ1n) is 5.96. The number of rotatable bonds is 6. The average molecular weight is 261 g/mol. The standard InChI is InChI=1S/C12H23NO3S/c1-5-6-9(7-8-10(14)17)13-11(15)16-12(2,3)4/h9H,5-8H2,1-4H3,(H,13,15)(H,14,17)/t9-/m1/s1. The van der Waals surface area contributed by atoms with E-state index in [-0.39, 0.29) is 11.2 Å². The van der Waals surface area contributed by atoms with Gasteiger partial charge in [0.25, 0.3) is 0 Å². The summed E-state index contributed by atoms with van der Waals surface area (Å²) in [6.45, 7) is 7.49. The van der Waals surface area contributed by atoms with Crippen molar-refractivity contribution in [3.8, 4) is 0 Å². The maximum atomic E-state index is 11.6. The molecule has 1 amide bonds. The summed E-state index contributed by atoms with van der Waals surface area (Å²) in [6.07, 6.45) is 2.32. The van der Waals surface area contributed by atoms with Gasteiger partial charge in [0, 0.05) is 12.5 Å². The quantitative estimate of drug-likeness (QED) is 0.723. The molecule has 0 radical (unpaired) electrons. The molecule has 0 saturated heterocycles. The maximum Gasteiger partial charge on any atom is 0.407 e. The largest absolute Gasteiger partial charge is 0.444 e. The zero-order valence-electron chi connectivity index (χ0n) is 11.1. The molecule has 0 aliphatic heterocycles. The van der Waals surface area contributed by atoms with Crippen LogP contribution >= 0.6 is 12.6 Å². The van der Waals surface area contributed by atoms with Gasteiger partial charge in [-0.3, -0.25) is 4.79 Å². The number of carbonyl (C=O) groups is 2. The minimum absolute atomic E-state index is 0.0223. The fraction of sp³-hybridized carbons (Fsp3) is 0.833. The minimum atomic E-state index is -0.500. The van der Waals surface area contributed by atoms with E-state index < -0.39 is 11.7 Å². The second-order valence-electron chi connectivity index (χ2n) is 5.06. The van der Waals surface area contributed by atoms with Crippen LogP contribution in [0.25, 0.3) is 0 Å². The molecule has 100 valence electrons. The van der Waals surface area contributed by atoms with Gasteiger partial charge in [-0.1, -0.05) is 13.3 Å². The van der Waals surface area contributed by atoms with E-state index in [1.165, 1.54) is 0 Å². The van der Waals surface area contributed by atoms with E-state index in [2.05, 4.69) is 17.9 Å². The third-order valence-electron chi connectivity index (χ3n) is 2.06. The fourth-order valence-electron chi connectivity index (χ4n) is 1.41. The van der Waals surface area contributed by atoms with Crippen LogP contribution in [0.5, 0.6) is 0 Å². The molecule has 4 nitrogen and oxygen atoms in total. The van der Waals surface area contributed by atoms with Crippen LogP contribution in [0.3, 0.4) is 0 Å². The molecule has 5 heteroatoms. The van der Waals surface area contributed by atoms with Gasteiger partial charge in [-0.05, 0) is 33.6 Å². The first-order valence-corrected chi connectivity index (χ1v) is 6.40. The van der Waals surface area contributed by atoms with Gasteiger partial charge < -0.3 is 10.1 Å². The summed E-state index contributed by atoms with van der Waals surface area (Å²) in [5, 5.41) is 2.63. The molecule has 0 heterocycles. The third-order valence-corrected chi connectivity index (χ3v) is 2.29. The highest BCUT2D eigenvalue weighted by Gasteiger charge is 2.19. The summed E-state index contributed by atoms with van der Waals surface area (Å²) in [5.41, 5.74) is -0.500. The highest BCUT2D eigenvalue weighted by atomic mass is 32.1. The van der Waals surface area contributed by atoms with Gasteiger partial charge in [0.15, 0.2) is 5.12 Å². The Morgan fingerprint density at radius 3 is 2.29 bits per heavy atom. The van der Waals surface area contributed by atoms with Gasteiger partial charge in [-0.15, -0.1) is 12.6 Å². The van der Waals surface area contributed by atoms with Gasteiger partial charge in [0.05, 0.1) is 0 Å². The molecule has 0 aromatic carbocycles. The molecule has 0 rings (SSSR count). The van der Waals surface area contributed by atoms with Gasteiger partial charge >= 0.3 is 6.09 Å². The van der Waals surface area contributed by atoms with Gasteiger partial charge in [-0.2, -0.15) is 0 Å². The van der Waals surface area contributed by atoms with E-state index in [1.54, 1.807) is 0 Å². The lowest BCUT2D eigenvalue weighted by Gasteiger charge is -2.23. The van der Waals surface area contributed by atoms with Crippen molar-refractivity contribution in [2.45, 2.75) is 65.0 Å². The zero-order chi connectivity index (χ0) is 13.5. The second-order valence-corrected chi connectivity index (χ2v) is 5.56. The molecule has 0 saturated carbocycles. The number of nitrogens with one attached hydrogen (secondary N) is 1. The topological polar surface area (TPSA) is 55.4 Å². The van der Waals surface area contributed by atoms with Crippen LogP contribution in [0.4, 0.5) is 4.79 Å². The molecule has 0 aromatic heterocycles. The van der Waals surface area contributed by atoms with Crippen molar-refractivity contribution in [2.24, 2.45) is 0 Å². The number of amides is 1. The number of carbonyl (C=O) groups excluding carboxylic acids is 2. The summed E-state index contributed by atoms with van der Waals surface area (Å²) in [4.78, 5) is 22.3. The van der Waals surface area contributed by atoms with Crippen molar-refractivity contribution in [1.82, 2.24) is 5.32 Å². The number of thiol groups is 1. The van der Waals surface area contributed by atoms with E-state index in [4.69, 9.17) is 4.74 Å². The Balaban J connectivity index is 4.14. The molecule has 1 N–H and O–H groups in total. The Bertz CT molecular complexity index is 261. The van der Waals surface area contributed by atoms with Crippen molar-refractivity contribution in [3.63, 3.8) is 0 Å². The highest BCUT2D eigenvalue weighted by Crippen LogP contribution is 2.10. The number of hydrogen-bond donors (Lipinski definition) is 2. The van der Waals surface area contributed by atoms with Crippen molar-refractivity contribution >= 4 is 23.8 Å². The van der Waals surface area contributed by atoms with Crippen LogP contribution in [-0.4, -0.2) is 22.9 Å². The predicted octanol–water partition coefficient (Wildman–Crippen LogP) is 2.92. The van der Waals surface area contributed by atoms with Crippen LogP contribution in [0.15, 0.2) is 0 Å².